The lowest BCUT2D eigenvalue weighted by Gasteiger charge is -2.21. The van der Waals surface area contributed by atoms with Gasteiger partial charge in [0, 0.05) is 47.4 Å². The van der Waals surface area contributed by atoms with Crippen molar-refractivity contribution in [3.05, 3.63) is 99.7 Å². The lowest BCUT2D eigenvalue weighted by Crippen LogP contribution is -2.37. The second-order valence-corrected chi connectivity index (χ2v) is 10.0. The second kappa shape index (κ2) is 14.7. The minimum Gasteiger partial charge on any atom is -0.487 e. The zero-order valence-electron chi connectivity index (χ0n) is 23.1. The largest absolute Gasteiger partial charge is 0.487 e. The minimum atomic E-state index is -0.437. The maximum absolute atomic E-state index is 12.9. The molecule has 0 bridgehead atoms. The van der Waals surface area contributed by atoms with Crippen molar-refractivity contribution in [2.45, 2.75) is 20.5 Å². The van der Waals surface area contributed by atoms with Crippen LogP contribution >= 0.6 is 35.6 Å². The van der Waals surface area contributed by atoms with Crippen LogP contribution in [0.3, 0.4) is 0 Å². The molecule has 8 nitrogen and oxygen atoms in total. The Hall–Kier alpha value is -4.11. The number of fused-ring (bicyclic) bond motifs is 1. The first-order valence-electron chi connectivity index (χ1n) is 12.7. The molecule has 0 atom stereocenters. The van der Waals surface area contributed by atoms with Gasteiger partial charge in [-0.1, -0.05) is 53.5 Å². The number of para-hydroxylation sites is 1. The number of nitrogens with zero attached hydrogens (tertiary/aromatic N) is 2. The van der Waals surface area contributed by atoms with Crippen molar-refractivity contribution < 1.29 is 19.1 Å². The predicted octanol–water partition coefficient (Wildman–Crippen LogP) is 6.60. The molecule has 3 aromatic carbocycles. The fourth-order valence-electron chi connectivity index (χ4n) is 3.99. The first kappa shape index (κ1) is 32.4. The van der Waals surface area contributed by atoms with Gasteiger partial charge in [0.2, 0.25) is 17.7 Å². The third-order valence-corrected chi connectivity index (χ3v) is 6.94. The standard InChI is InChI=1S/C31H28Cl2N4O4.ClH/c1-19-7-11-22-5-4-6-27(31(22)35-19)41-18-24-25(32)14-15-26(30(24)33)37(3)29(40)17-34-28(39)16-10-21-8-12-23(13-9-21)36-20(2)38;/h4-16H,17-18H2,1-3H3,(H,34,39)(H,36,38);1H/b16-10+;. The number of rotatable bonds is 9. The highest BCUT2D eigenvalue weighted by Crippen LogP contribution is 2.35. The Kier molecular flexibility index (Phi) is 11.3. The zero-order chi connectivity index (χ0) is 29.5. The number of nitrogens with one attached hydrogen (secondary N) is 2. The van der Waals surface area contributed by atoms with Crippen molar-refractivity contribution in [1.29, 1.82) is 0 Å². The number of hydrogen-bond acceptors (Lipinski definition) is 5. The van der Waals surface area contributed by atoms with Crippen molar-refractivity contribution in [1.82, 2.24) is 10.3 Å². The van der Waals surface area contributed by atoms with Crippen molar-refractivity contribution in [2.75, 3.05) is 23.8 Å². The number of halogens is 3. The van der Waals surface area contributed by atoms with Gasteiger partial charge in [0.25, 0.3) is 0 Å². The molecule has 0 saturated heterocycles. The van der Waals surface area contributed by atoms with Gasteiger partial charge in [0.05, 0.1) is 17.3 Å². The third kappa shape index (κ3) is 8.22. The molecule has 0 aliphatic rings. The second-order valence-electron chi connectivity index (χ2n) is 9.24. The molecule has 0 saturated carbocycles. The van der Waals surface area contributed by atoms with Crippen LogP contribution in [-0.2, 0) is 21.0 Å². The molecule has 1 aromatic heterocycles. The van der Waals surface area contributed by atoms with Crippen molar-refractivity contribution in [3.63, 3.8) is 0 Å². The quantitative estimate of drug-likeness (QED) is 0.204. The maximum Gasteiger partial charge on any atom is 0.246 e. The number of aryl methyl sites for hydroxylation is 1. The number of amides is 3. The molecule has 0 radical (unpaired) electrons. The van der Waals surface area contributed by atoms with Crippen LogP contribution in [0.15, 0.2) is 72.8 Å². The number of ether oxygens (including phenoxy) is 1. The molecule has 4 aromatic rings. The predicted molar refractivity (Wildman–Crippen MR) is 171 cm³/mol. The normalized spacial score (nSPS) is 10.7. The van der Waals surface area contributed by atoms with Gasteiger partial charge in [-0.15, -0.1) is 12.4 Å². The molecule has 3 amide bonds. The van der Waals surface area contributed by atoms with Crippen molar-refractivity contribution in [3.8, 4) is 5.75 Å². The van der Waals surface area contributed by atoms with E-state index in [4.69, 9.17) is 27.9 Å². The number of carbonyl (C=O) groups excluding carboxylic acids is 3. The van der Waals surface area contributed by atoms with Gasteiger partial charge < -0.3 is 20.3 Å². The summed E-state index contributed by atoms with van der Waals surface area (Å²) in [5.74, 6) is -0.392. The molecule has 11 heteroatoms. The monoisotopic (exact) mass is 626 g/mol. The molecule has 0 aliphatic carbocycles. The summed E-state index contributed by atoms with van der Waals surface area (Å²) < 4.78 is 6.06. The number of anilines is 2. The summed E-state index contributed by atoms with van der Waals surface area (Å²) in [5, 5.41) is 6.87. The van der Waals surface area contributed by atoms with Crippen LogP contribution in [0, 0.1) is 6.92 Å². The number of benzene rings is 3. The molecule has 0 spiro atoms. The number of hydrogen-bond donors (Lipinski definition) is 2. The number of pyridine rings is 1. The average molecular weight is 628 g/mol. The molecule has 0 fully saturated rings. The van der Waals surface area contributed by atoms with Crippen molar-refractivity contribution in [2.24, 2.45) is 0 Å². The van der Waals surface area contributed by atoms with Gasteiger partial charge in [-0.05, 0) is 55.0 Å². The summed E-state index contributed by atoms with van der Waals surface area (Å²) in [6, 6.07) is 19.8. The molecule has 2 N–H and O–H groups in total. The fourth-order valence-corrected chi connectivity index (χ4v) is 4.59. The summed E-state index contributed by atoms with van der Waals surface area (Å²) >= 11 is 13.1. The summed E-state index contributed by atoms with van der Waals surface area (Å²) in [5.41, 5.74) is 3.96. The van der Waals surface area contributed by atoms with Gasteiger partial charge in [0.15, 0.2) is 0 Å². The Balaban J connectivity index is 0.00000484. The molecule has 0 unspecified atom stereocenters. The highest BCUT2D eigenvalue weighted by molar-refractivity contribution is 6.38. The molecule has 0 aliphatic heterocycles. The number of aromatic nitrogens is 1. The first-order chi connectivity index (χ1) is 19.6. The smallest absolute Gasteiger partial charge is 0.246 e. The Morgan fingerprint density at radius 1 is 1.00 bits per heavy atom. The van der Waals surface area contributed by atoms with E-state index in [1.165, 1.54) is 17.9 Å². The van der Waals surface area contributed by atoms with Crippen LogP contribution in [0.25, 0.3) is 17.0 Å². The van der Waals surface area contributed by atoms with E-state index in [1.807, 2.05) is 37.3 Å². The van der Waals surface area contributed by atoms with Crippen LogP contribution in [0.4, 0.5) is 11.4 Å². The Labute approximate surface area is 260 Å². The molecule has 218 valence electrons. The molecular weight excluding hydrogens is 599 g/mol. The minimum absolute atomic E-state index is 0. The van der Waals surface area contributed by atoms with Crippen LogP contribution in [0.1, 0.15) is 23.7 Å². The van der Waals surface area contributed by atoms with Crippen LogP contribution in [0.5, 0.6) is 5.75 Å². The Morgan fingerprint density at radius 3 is 2.45 bits per heavy atom. The molecule has 4 rings (SSSR count). The van der Waals surface area contributed by atoms with E-state index in [9.17, 15) is 14.4 Å². The molecule has 1 heterocycles. The average Bonchev–Trinajstić information content (AvgIpc) is 2.95. The molecule has 42 heavy (non-hydrogen) atoms. The van der Waals surface area contributed by atoms with E-state index in [2.05, 4.69) is 15.6 Å². The van der Waals surface area contributed by atoms with Gasteiger partial charge in [-0.2, -0.15) is 0 Å². The summed E-state index contributed by atoms with van der Waals surface area (Å²) in [7, 11) is 1.57. The van der Waals surface area contributed by atoms with Crippen molar-refractivity contribution >= 4 is 81.7 Å². The van der Waals surface area contributed by atoms with E-state index in [1.54, 1.807) is 49.5 Å². The first-order valence-corrected chi connectivity index (χ1v) is 13.4. The van der Waals surface area contributed by atoms with Crippen LogP contribution in [-0.4, -0.2) is 36.3 Å². The van der Waals surface area contributed by atoms with E-state index in [-0.39, 0.29) is 42.4 Å². The SMILES string of the molecule is CC(=O)Nc1ccc(/C=C/C(=O)NCC(=O)N(C)c2ccc(Cl)c(COc3cccc4ccc(C)nc34)c2Cl)cc1.Cl. The third-order valence-electron chi connectivity index (χ3n) is 6.17. The summed E-state index contributed by atoms with van der Waals surface area (Å²) in [6.07, 6.45) is 2.94. The number of carbonyl (C=O) groups is 3. The van der Waals surface area contributed by atoms with E-state index in [0.717, 1.165) is 22.2 Å². The van der Waals surface area contributed by atoms with E-state index in [0.29, 0.717) is 27.7 Å². The Bertz CT molecular complexity index is 1640. The lowest BCUT2D eigenvalue weighted by molar-refractivity contribution is -0.122. The van der Waals surface area contributed by atoms with Crippen LogP contribution in [0.2, 0.25) is 10.0 Å². The topological polar surface area (TPSA) is 101 Å². The van der Waals surface area contributed by atoms with E-state index >= 15 is 0 Å². The summed E-state index contributed by atoms with van der Waals surface area (Å²) in [4.78, 5) is 42.2. The van der Waals surface area contributed by atoms with Gasteiger partial charge in [0.1, 0.15) is 17.9 Å². The fraction of sp³-hybridized carbons (Fsp3) is 0.161. The van der Waals surface area contributed by atoms with Gasteiger partial charge >= 0.3 is 0 Å². The Morgan fingerprint density at radius 2 is 1.74 bits per heavy atom. The lowest BCUT2D eigenvalue weighted by atomic mass is 10.1. The zero-order valence-corrected chi connectivity index (χ0v) is 25.4. The highest BCUT2D eigenvalue weighted by Gasteiger charge is 2.19. The van der Waals surface area contributed by atoms with Gasteiger partial charge in [-0.25, -0.2) is 4.98 Å². The van der Waals surface area contributed by atoms with Gasteiger partial charge in [-0.3, -0.25) is 14.4 Å². The maximum atomic E-state index is 12.9. The highest BCUT2D eigenvalue weighted by atomic mass is 35.5. The van der Waals surface area contributed by atoms with E-state index < -0.39 is 5.91 Å². The van der Waals surface area contributed by atoms with Crippen LogP contribution < -0.4 is 20.3 Å². The molecular formula is C31H29Cl3N4O4. The summed E-state index contributed by atoms with van der Waals surface area (Å²) in [6.45, 7) is 3.16. The number of likely N-dealkylation sites (N-methyl/N-ethyl adjacent to an activating group) is 1.